The fourth-order valence-corrected chi connectivity index (χ4v) is 8.57. The number of anilines is 1. The molecule has 11 nitrogen and oxygen atoms in total. The van der Waals surface area contributed by atoms with Crippen molar-refractivity contribution in [2.75, 3.05) is 31.8 Å². The summed E-state index contributed by atoms with van der Waals surface area (Å²) in [5.41, 5.74) is -0.0694. The van der Waals surface area contributed by atoms with E-state index in [1.807, 2.05) is 44.2 Å². The van der Waals surface area contributed by atoms with Gasteiger partial charge in [0.25, 0.3) is 5.91 Å². The Morgan fingerprint density at radius 2 is 1.84 bits per heavy atom. The van der Waals surface area contributed by atoms with Crippen LogP contribution in [-0.4, -0.2) is 89.2 Å². The molecule has 0 radical (unpaired) electrons. The number of nitrogens with zero attached hydrogens (tertiary/aromatic N) is 2. The van der Waals surface area contributed by atoms with Crippen LogP contribution in [0.3, 0.4) is 0 Å². The molecule has 50 heavy (non-hydrogen) atoms. The fraction of sp³-hybridized carbons (Fsp3) is 0.474. The van der Waals surface area contributed by atoms with Crippen LogP contribution in [0.1, 0.15) is 44.7 Å². The number of esters is 1. The van der Waals surface area contributed by atoms with E-state index in [9.17, 15) is 24.3 Å². The Balaban J connectivity index is 1.52. The van der Waals surface area contributed by atoms with Crippen LogP contribution < -0.4 is 15.0 Å². The number of fused-ring (bicyclic) bond motifs is 1. The third-order valence-electron chi connectivity index (χ3n) is 10.0. The average molecular weight is 753 g/mol. The number of carbonyl (C=O) groups is 4. The lowest BCUT2D eigenvalue weighted by atomic mass is 9.70. The van der Waals surface area contributed by atoms with Gasteiger partial charge in [0, 0.05) is 23.5 Å². The SMILES string of the molecule is C=CCCC(=O)OC[C@H](NC(=O)[C@@H]1[C@H]2O[C@@]3(CC2Br)[C@H](C(=O)N(CC=C)c2ccc(OC)cc2)N([C@@H](CO)C(C)C)C(=O)[C@@H]13)c1ccccc1. The van der Waals surface area contributed by atoms with Gasteiger partial charge in [-0.15, -0.1) is 13.2 Å². The molecule has 3 aliphatic heterocycles. The second-order valence-corrected chi connectivity index (χ2v) is 14.5. The van der Waals surface area contributed by atoms with Crippen LogP contribution in [0.25, 0.3) is 0 Å². The van der Waals surface area contributed by atoms with Gasteiger partial charge in [0.05, 0.1) is 43.7 Å². The zero-order valence-corrected chi connectivity index (χ0v) is 30.3. The minimum atomic E-state index is -1.36. The Morgan fingerprint density at radius 1 is 1.14 bits per heavy atom. The zero-order valence-electron chi connectivity index (χ0n) is 28.7. The van der Waals surface area contributed by atoms with E-state index in [-0.39, 0.29) is 36.9 Å². The molecule has 5 rings (SSSR count). The molecule has 3 heterocycles. The van der Waals surface area contributed by atoms with Crippen LogP contribution >= 0.6 is 15.9 Å². The molecule has 3 saturated heterocycles. The lowest BCUT2D eigenvalue weighted by molar-refractivity contribution is -0.147. The minimum Gasteiger partial charge on any atom is -0.497 e. The number of carbonyl (C=O) groups excluding carboxylic acids is 4. The lowest BCUT2D eigenvalue weighted by Gasteiger charge is -2.40. The first-order valence-electron chi connectivity index (χ1n) is 17.0. The molecule has 3 fully saturated rings. The number of likely N-dealkylation sites (tertiary alicyclic amines) is 1. The smallest absolute Gasteiger partial charge is 0.306 e. The monoisotopic (exact) mass is 751 g/mol. The van der Waals surface area contributed by atoms with E-state index in [4.69, 9.17) is 14.2 Å². The number of aliphatic hydroxyl groups excluding tert-OH is 1. The molecule has 2 N–H and O–H groups in total. The van der Waals surface area contributed by atoms with Gasteiger partial charge in [-0.3, -0.25) is 19.2 Å². The van der Waals surface area contributed by atoms with Crippen molar-refractivity contribution in [1.29, 1.82) is 0 Å². The van der Waals surface area contributed by atoms with Crippen LogP contribution in [0.5, 0.6) is 5.75 Å². The summed E-state index contributed by atoms with van der Waals surface area (Å²) in [5, 5.41) is 13.7. The van der Waals surface area contributed by atoms with E-state index in [1.165, 1.54) is 4.90 Å². The number of methoxy groups -OCH3 is 1. The second kappa shape index (κ2) is 15.9. The number of hydrogen-bond acceptors (Lipinski definition) is 8. The normalized spacial score (nSPS) is 26.2. The van der Waals surface area contributed by atoms with E-state index in [2.05, 4.69) is 34.4 Å². The van der Waals surface area contributed by atoms with Gasteiger partial charge in [0.15, 0.2) is 0 Å². The van der Waals surface area contributed by atoms with E-state index in [1.54, 1.807) is 48.4 Å². The van der Waals surface area contributed by atoms with E-state index in [0.29, 0.717) is 24.3 Å². The predicted molar refractivity (Wildman–Crippen MR) is 192 cm³/mol. The van der Waals surface area contributed by atoms with Gasteiger partial charge in [0.2, 0.25) is 11.8 Å². The number of allylic oxidation sites excluding steroid dienone is 1. The standard InChI is InChI=1S/C38H46BrN3O8/c1-6-8-14-30(44)49-22-28(24-12-10-9-11-13-24)40-35(45)31-32-36(46)42(29(21-43)23(3)4)34(38(32)20-27(39)33(31)50-38)37(47)41(19-7-2)25-15-17-26(48-5)18-16-25/h6-7,9-13,15-18,23,27-29,31-34,43H,1-2,8,14,19-22H2,3-5H3,(H,40,45)/t27?,28-,29-,31-,32+,33-,34-,38+/m0/s1. The van der Waals surface area contributed by atoms with Crippen LogP contribution in [0, 0.1) is 17.8 Å². The zero-order chi connectivity index (χ0) is 36.2. The lowest BCUT2D eigenvalue weighted by Crippen LogP contribution is -2.60. The maximum atomic E-state index is 14.9. The summed E-state index contributed by atoms with van der Waals surface area (Å²) in [6, 6.07) is 13.6. The van der Waals surface area contributed by atoms with Crippen LogP contribution in [0.4, 0.5) is 5.69 Å². The van der Waals surface area contributed by atoms with Crippen molar-refractivity contribution in [2.45, 2.75) is 67.8 Å². The molecule has 0 aliphatic carbocycles. The Labute approximate surface area is 301 Å². The summed E-state index contributed by atoms with van der Waals surface area (Å²) in [7, 11) is 1.56. The van der Waals surface area contributed by atoms with Gasteiger partial charge < -0.3 is 34.4 Å². The number of benzene rings is 2. The highest BCUT2D eigenvalue weighted by molar-refractivity contribution is 9.09. The van der Waals surface area contributed by atoms with Crippen LogP contribution in [0.2, 0.25) is 0 Å². The van der Waals surface area contributed by atoms with Crippen molar-refractivity contribution in [2.24, 2.45) is 17.8 Å². The molecule has 268 valence electrons. The molecule has 2 aromatic carbocycles. The van der Waals surface area contributed by atoms with Crippen molar-refractivity contribution < 1.29 is 38.5 Å². The number of rotatable bonds is 16. The average Bonchev–Trinajstić information content (AvgIpc) is 3.71. The molecular formula is C38H46BrN3O8. The van der Waals surface area contributed by atoms with Crippen molar-refractivity contribution in [3.63, 3.8) is 0 Å². The maximum absolute atomic E-state index is 14.9. The summed E-state index contributed by atoms with van der Waals surface area (Å²) in [5.74, 6) is -3.27. The molecule has 2 aromatic rings. The van der Waals surface area contributed by atoms with Crippen molar-refractivity contribution >= 4 is 45.3 Å². The summed E-state index contributed by atoms with van der Waals surface area (Å²) in [4.78, 5) is 59.2. The molecule has 0 aromatic heterocycles. The first-order chi connectivity index (χ1) is 24.0. The quantitative estimate of drug-likeness (QED) is 0.147. The van der Waals surface area contributed by atoms with E-state index >= 15 is 0 Å². The van der Waals surface area contributed by atoms with E-state index < -0.39 is 65.4 Å². The fourth-order valence-electron chi connectivity index (χ4n) is 7.63. The first-order valence-corrected chi connectivity index (χ1v) is 17.9. The number of amides is 3. The second-order valence-electron chi connectivity index (χ2n) is 13.3. The van der Waals surface area contributed by atoms with E-state index in [0.717, 1.165) is 5.56 Å². The summed E-state index contributed by atoms with van der Waals surface area (Å²) in [6.45, 7) is 10.9. The highest BCUT2D eigenvalue weighted by atomic mass is 79.9. The molecule has 3 aliphatic rings. The third kappa shape index (κ3) is 6.97. The van der Waals surface area contributed by atoms with Gasteiger partial charge in [-0.1, -0.05) is 72.3 Å². The molecule has 3 amide bonds. The molecule has 0 saturated carbocycles. The van der Waals surface area contributed by atoms with Gasteiger partial charge in [-0.05, 0) is 48.6 Å². The van der Waals surface area contributed by atoms with Crippen LogP contribution in [-0.2, 0) is 28.7 Å². The topological polar surface area (TPSA) is 135 Å². The maximum Gasteiger partial charge on any atom is 0.306 e. The largest absolute Gasteiger partial charge is 0.497 e. The number of alkyl halides is 1. The van der Waals surface area contributed by atoms with Gasteiger partial charge >= 0.3 is 5.97 Å². The summed E-state index contributed by atoms with van der Waals surface area (Å²) in [6.07, 6.45) is 3.45. The number of halogens is 1. The van der Waals surface area contributed by atoms with Crippen molar-refractivity contribution in [1.82, 2.24) is 10.2 Å². The minimum absolute atomic E-state index is 0.114. The third-order valence-corrected chi connectivity index (χ3v) is 10.9. The van der Waals surface area contributed by atoms with Gasteiger partial charge in [-0.2, -0.15) is 0 Å². The van der Waals surface area contributed by atoms with Gasteiger partial charge in [-0.25, -0.2) is 0 Å². The Hall–Kier alpha value is -4.00. The molecular weight excluding hydrogens is 706 g/mol. The molecule has 2 bridgehead atoms. The van der Waals surface area contributed by atoms with Gasteiger partial charge in [0.1, 0.15) is 24.0 Å². The van der Waals surface area contributed by atoms with Crippen LogP contribution in [0.15, 0.2) is 79.9 Å². The number of ether oxygens (including phenoxy) is 3. The number of aliphatic hydroxyl groups is 1. The molecule has 12 heteroatoms. The van der Waals surface area contributed by atoms with Crippen molar-refractivity contribution in [3.8, 4) is 5.75 Å². The predicted octanol–water partition coefficient (Wildman–Crippen LogP) is 4.35. The first kappa shape index (κ1) is 37.3. The number of nitrogens with one attached hydrogen (secondary N) is 1. The highest BCUT2D eigenvalue weighted by Gasteiger charge is 2.77. The summed E-state index contributed by atoms with van der Waals surface area (Å²) < 4.78 is 17.6. The molecule has 1 unspecified atom stereocenters. The number of hydrogen-bond donors (Lipinski definition) is 2. The van der Waals surface area contributed by atoms with Crippen molar-refractivity contribution in [3.05, 3.63) is 85.5 Å². The highest BCUT2D eigenvalue weighted by Crippen LogP contribution is 2.61. The Kier molecular flexibility index (Phi) is 11.9. The molecule has 8 atom stereocenters. The Morgan fingerprint density at radius 3 is 2.44 bits per heavy atom. The Bertz CT molecular complexity index is 1570. The molecule has 1 spiro atoms. The summed E-state index contributed by atoms with van der Waals surface area (Å²) >= 11 is 3.73.